The number of pyridine rings is 2. The predicted molar refractivity (Wildman–Crippen MR) is 115 cm³/mol. The third-order valence-electron chi connectivity index (χ3n) is 4.59. The first kappa shape index (κ1) is 23.0. The van der Waals surface area contributed by atoms with E-state index < -0.39 is 23.6 Å². The molecule has 32 heavy (non-hydrogen) atoms. The molecule has 3 aromatic rings. The van der Waals surface area contributed by atoms with Crippen molar-refractivity contribution in [3.8, 4) is 5.75 Å². The second kappa shape index (κ2) is 10.1. The van der Waals surface area contributed by atoms with Crippen LogP contribution < -0.4 is 10.6 Å². The fraction of sp³-hybridized carbons (Fsp3) is 0.273. The lowest BCUT2D eigenvalue weighted by molar-refractivity contribution is -0.119. The van der Waals surface area contributed by atoms with Crippen LogP contribution in [0.3, 0.4) is 0 Å². The van der Waals surface area contributed by atoms with Crippen LogP contribution in [-0.4, -0.2) is 58.4 Å². The number of fused-ring (bicyclic) bond motifs is 1. The van der Waals surface area contributed by atoms with Gasteiger partial charge >= 0.3 is 0 Å². The van der Waals surface area contributed by atoms with Gasteiger partial charge in [-0.15, -0.1) is 0 Å². The van der Waals surface area contributed by atoms with Crippen LogP contribution in [0.2, 0.25) is 0 Å². The monoisotopic (exact) mass is 442 g/mol. The highest BCUT2D eigenvalue weighted by atomic mass is 19.1. The second-order valence-electron chi connectivity index (χ2n) is 7.24. The topological polar surface area (TPSA) is 134 Å². The number of carbonyl (C=O) groups is 2. The highest BCUT2D eigenvalue weighted by Crippen LogP contribution is 2.32. The quantitative estimate of drug-likeness (QED) is 0.418. The number of aliphatic hydroxyl groups excluding tert-OH is 1. The first-order chi connectivity index (χ1) is 15.3. The van der Waals surface area contributed by atoms with Crippen LogP contribution in [0.15, 0.2) is 36.5 Å². The molecule has 4 N–H and O–H groups in total. The fourth-order valence-electron chi connectivity index (χ4n) is 3.04. The van der Waals surface area contributed by atoms with Gasteiger partial charge in [0.15, 0.2) is 11.4 Å². The Hall–Kier alpha value is -3.63. The number of benzene rings is 1. The van der Waals surface area contributed by atoms with Gasteiger partial charge in [0.2, 0.25) is 0 Å². The summed E-state index contributed by atoms with van der Waals surface area (Å²) in [6.45, 7) is 1.04. The van der Waals surface area contributed by atoms with E-state index in [1.807, 2.05) is 0 Å². The van der Waals surface area contributed by atoms with Crippen molar-refractivity contribution < 1.29 is 28.9 Å². The third-order valence-corrected chi connectivity index (χ3v) is 4.59. The Bertz CT molecular complexity index is 1140. The van der Waals surface area contributed by atoms with Gasteiger partial charge < -0.3 is 25.6 Å². The molecule has 0 bridgehead atoms. The predicted octanol–water partition coefficient (Wildman–Crippen LogP) is 1.76. The van der Waals surface area contributed by atoms with E-state index in [-0.39, 0.29) is 36.1 Å². The number of halogens is 1. The lowest BCUT2D eigenvalue weighted by Crippen LogP contribution is -2.35. The van der Waals surface area contributed by atoms with E-state index in [1.165, 1.54) is 25.4 Å². The summed E-state index contributed by atoms with van der Waals surface area (Å²) >= 11 is 0. The van der Waals surface area contributed by atoms with E-state index in [0.717, 1.165) is 11.1 Å². The van der Waals surface area contributed by atoms with Crippen molar-refractivity contribution in [3.63, 3.8) is 0 Å². The van der Waals surface area contributed by atoms with Gasteiger partial charge in [0.25, 0.3) is 11.8 Å². The summed E-state index contributed by atoms with van der Waals surface area (Å²) in [4.78, 5) is 33.1. The molecule has 0 saturated carbocycles. The van der Waals surface area contributed by atoms with Crippen molar-refractivity contribution in [2.45, 2.75) is 19.4 Å². The Kier molecular flexibility index (Phi) is 7.29. The SMILES string of the molecule is COCC(=O)Nc1nc(C(=O)NC(C)CO)c(O)c2ncc(Cc3ccc(F)cc3)cc12. The summed E-state index contributed by atoms with van der Waals surface area (Å²) in [7, 11) is 1.36. The van der Waals surface area contributed by atoms with Gasteiger partial charge in [0.1, 0.15) is 23.8 Å². The van der Waals surface area contributed by atoms with Gasteiger partial charge in [-0.05, 0) is 42.7 Å². The van der Waals surface area contributed by atoms with Gasteiger partial charge in [0.05, 0.1) is 6.61 Å². The number of ether oxygens (including phenoxy) is 1. The maximum atomic E-state index is 13.2. The molecule has 2 amide bonds. The molecular weight excluding hydrogens is 419 g/mol. The molecule has 1 unspecified atom stereocenters. The molecule has 1 atom stereocenters. The molecule has 2 aromatic heterocycles. The van der Waals surface area contributed by atoms with Crippen LogP contribution in [-0.2, 0) is 16.0 Å². The van der Waals surface area contributed by atoms with Crippen LogP contribution >= 0.6 is 0 Å². The number of aromatic hydroxyl groups is 1. The number of aromatic nitrogens is 2. The van der Waals surface area contributed by atoms with E-state index in [4.69, 9.17) is 9.84 Å². The van der Waals surface area contributed by atoms with Crippen LogP contribution in [0, 0.1) is 5.82 Å². The zero-order valence-electron chi connectivity index (χ0n) is 17.6. The molecule has 3 rings (SSSR count). The number of rotatable bonds is 8. The minimum Gasteiger partial charge on any atom is -0.504 e. The molecule has 0 aliphatic rings. The summed E-state index contributed by atoms with van der Waals surface area (Å²) < 4.78 is 18.0. The largest absolute Gasteiger partial charge is 0.504 e. The number of aliphatic hydroxyl groups is 1. The molecular formula is C22H23FN4O5. The van der Waals surface area contributed by atoms with E-state index in [9.17, 15) is 19.1 Å². The van der Waals surface area contributed by atoms with Gasteiger partial charge in [-0.1, -0.05) is 12.1 Å². The number of nitrogens with zero attached hydrogens (tertiary/aromatic N) is 2. The fourth-order valence-corrected chi connectivity index (χ4v) is 3.04. The molecule has 168 valence electrons. The molecule has 0 aliphatic heterocycles. The average Bonchev–Trinajstić information content (AvgIpc) is 2.77. The summed E-state index contributed by atoms with van der Waals surface area (Å²) in [5.41, 5.74) is 1.28. The number of carbonyl (C=O) groups excluding carboxylic acids is 2. The molecule has 0 aliphatic carbocycles. The van der Waals surface area contributed by atoms with Crippen LogP contribution in [0.1, 0.15) is 28.5 Å². The number of nitrogens with one attached hydrogen (secondary N) is 2. The van der Waals surface area contributed by atoms with Crippen molar-refractivity contribution in [1.82, 2.24) is 15.3 Å². The van der Waals surface area contributed by atoms with E-state index in [2.05, 4.69) is 20.6 Å². The van der Waals surface area contributed by atoms with Crippen LogP contribution in [0.4, 0.5) is 10.2 Å². The molecule has 10 heteroatoms. The summed E-state index contributed by atoms with van der Waals surface area (Å²) in [5.74, 6) is -2.02. The standard InChI is InChI=1S/C22H23FN4O5/c1-12(10-28)25-22(31)19-20(30)18-16(21(27-19)26-17(29)11-32-2)8-14(9-24-18)7-13-3-5-15(23)6-4-13/h3-6,8-9,12,28,30H,7,10-11H2,1-2H3,(H,25,31)(H,26,27,29). The molecule has 1 aromatic carbocycles. The van der Waals surface area contributed by atoms with E-state index >= 15 is 0 Å². The Morgan fingerprint density at radius 3 is 2.59 bits per heavy atom. The Labute approximate surface area is 183 Å². The zero-order valence-corrected chi connectivity index (χ0v) is 17.6. The minimum atomic E-state index is -0.731. The lowest BCUT2D eigenvalue weighted by Gasteiger charge is -2.15. The smallest absolute Gasteiger partial charge is 0.274 e. The summed E-state index contributed by atoms with van der Waals surface area (Å²) in [5, 5.41) is 25.2. The van der Waals surface area contributed by atoms with Crippen LogP contribution in [0.5, 0.6) is 5.75 Å². The summed E-state index contributed by atoms with van der Waals surface area (Å²) in [6, 6.07) is 7.10. The first-order valence-corrected chi connectivity index (χ1v) is 9.79. The number of amides is 2. The van der Waals surface area contributed by atoms with Crippen molar-refractivity contribution in [3.05, 3.63) is 59.2 Å². The van der Waals surface area contributed by atoms with Gasteiger partial charge in [-0.3, -0.25) is 14.6 Å². The van der Waals surface area contributed by atoms with E-state index in [1.54, 1.807) is 25.1 Å². The molecule has 0 fully saturated rings. The van der Waals surface area contributed by atoms with Gasteiger partial charge in [-0.2, -0.15) is 0 Å². The highest BCUT2D eigenvalue weighted by Gasteiger charge is 2.22. The van der Waals surface area contributed by atoms with Crippen molar-refractivity contribution in [2.24, 2.45) is 0 Å². The van der Waals surface area contributed by atoms with Crippen LogP contribution in [0.25, 0.3) is 10.9 Å². The molecule has 2 heterocycles. The average molecular weight is 442 g/mol. The first-order valence-electron chi connectivity index (χ1n) is 9.79. The summed E-state index contributed by atoms with van der Waals surface area (Å²) in [6.07, 6.45) is 1.94. The Morgan fingerprint density at radius 1 is 1.22 bits per heavy atom. The Balaban J connectivity index is 2.06. The molecule has 0 radical (unpaired) electrons. The third kappa shape index (κ3) is 5.34. The number of hydrogen-bond acceptors (Lipinski definition) is 7. The molecule has 9 nitrogen and oxygen atoms in total. The maximum Gasteiger partial charge on any atom is 0.274 e. The van der Waals surface area contributed by atoms with Gasteiger partial charge in [-0.25, -0.2) is 9.37 Å². The Morgan fingerprint density at radius 2 is 1.94 bits per heavy atom. The van der Waals surface area contributed by atoms with E-state index in [0.29, 0.717) is 11.8 Å². The number of methoxy groups -OCH3 is 1. The molecule has 0 spiro atoms. The van der Waals surface area contributed by atoms with Crippen molar-refractivity contribution in [1.29, 1.82) is 0 Å². The maximum absolute atomic E-state index is 13.2. The number of anilines is 1. The number of hydrogen-bond donors (Lipinski definition) is 4. The minimum absolute atomic E-state index is 0.0232. The second-order valence-corrected chi connectivity index (χ2v) is 7.24. The highest BCUT2D eigenvalue weighted by molar-refractivity contribution is 6.07. The molecule has 0 saturated heterocycles. The normalized spacial score (nSPS) is 11.9. The van der Waals surface area contributed by atoms with Crippen molar-refractivity contribution >= 4 is 28.5 Å². The van der Waals surface area contributed by atoms with Crippen molar-refractivity contribution in [2.75, 3.05) is 25.6 Å². The lowest BCUT2D eigenvalue weighted by atomic mass is 10.0. The van der Waals surface area contributed by atoms with Gasteiger partial charge in [0, 0.05) is 24.7 Å². The zero-order chi connectivity index (χ0) is 23.3.